The van der Waals surface area contributed by atoms with Crippen molar-refractivity contribution in [1.82, 2.24) is 20.5 Å². The van der Waals surface area contributed by atoms with Crippen molar-refractivity contribution in [2.75, 3.05) is 25.5 Å². The van der Waals surface area contributed by atoms with E-state index < -0.39 is 12.1 Å². The van der Waals surface area contributed by atoms with Crippen LogP contribution in [0.25, 0.3) is 0 Å². The first kappa shape index (κ1) is 21.9. The van der Waals surface area contributed by atoms with E-state index in [1.165, 1.54) is 7.05 Å². The summed E-state index contributed by atoms with van der Waals surface area (Å²) >= 11 is 3.32. The minimum Gasteiger partial charge on any atom is -0.341 e. The molecule has 0 spiro atoms. The minimum absolute atomic E-state index is 0.0736. The average molecular weight is 474 g/mol. The fourth-order valence-electron chi connectivity index (χ4n) is 3.50. The van der Waals surface area contributed by atoms with Gasteiger partial charge in [0.2, 0.25) is 11.8 Å². The van der Waals surface area contributed by atoms with E-state index in [0.29, 0.717) is 31.7 Å². The number of pyridine rings is 1. The molecule has 4 amide bonds. The number of carbonyl (C=O) groups is 3. The van der Waals surface area contributed by atoms with Gasteiger partial charge in [0, 0.05) is 23.6 Å². The molecular weight excluding hydrogens is 450 g/mol. The average Bonchev–Trinajstić information content (AvgIpc) is 2.76. The second-order valence-electron chi connectivity index (χ2n) is 7.04. The van der Waals surface area contributed by atoms with Crippen LogP contribution in [0.3, 0.4) is 0 Å². The molecule has 2 aromatic rings. The molecule has 0 saturated carbocycles. The van der Waals surface area contributed by atoms with Gasteiger partial charge in [-0.2, -0.15) is 0 Å². The van der Waals surface area contributed by atoms with Crippen LogP contribution in [-0.2, 0) is 9.59 Å². The maximum absolute atomic E-state index is 12.8. The number of nitrogens with one attached hydrogen (secondary N) is 3. The van der Waals surface area contributed by atoms with Crippen molar-refractivity contribution >= 4 is 39.6 Å². The van der Waals surface area contributed by atoms with E-state index in [1.54, 1.807) is 12.3 Å². The molecule has 1 aromatic carbocycles. The molecule has 1 atom stereocenters. The molecule has 0 bridgehead atoms. The first-order valence-corrected chi connectivity index (χ1v) is 10.5. The first-order valence-electron chi connectivity index (χ1n) is 9.72. The molecule has 0 radical (unpaired) electrons. The Morgan fingerprint density at radius 1 is 1.10 bits per heavy atom. The molecule has 3 N–H and O–H groups in total. The van der Waals surface area contributed by atoms with Crippen molar-refractivity contribution in [3.63, 3.8) is 0 Å². The molecule has 1 fully saturated rings. The molecule has 158 valence electrons. The lowest BCUT2D eigenvalue weighted by atomic mass is 9.93. The van der Waals surface area contributed by atoms with Crippen LogP contribution in [0.2, 0.25) is 0 Å². The van der Waals surface area contributed by atoms with Crippen LogP contribution in [0, 0.1) is 5.92 Å². The Hall–Kier alpha value is -2.78. The molecule has 1 saturated heterocycles. The molecule has 1 unspecified atom stereocenters. The van der Waals surface area contributed by atoms with Crippen LogP contribution in [0.1, 0.15) is 24.4 Å². The SMILES string of the molecule is CNC(=O)NC(=O)C(c1ccccc1)N1CCC(C(=O)Nc2ccc(Br)cn2)CC1. The quantitative estimate of drug-likeness (QED) is 0.619. The van der Waals surface area contributed by atoms with Gasteiger partial charge in [0.1, 0.15) is 11.9 Å². The number of amides is 4. The van der Waals surface area contributed by atoms with Crippen LogP contribution in [-0.4, -0.2) is 47.9 Å². The molecular formula is C21H24BrN5O3. The number of imide groups is 1. The highest BCUT2D eigenvalue weighted by molar-refractivity contribution is 9.10. The number of hydrogen-bond acceptors (Lipinski definition) is 5. The van der Waals surface area contributed by atoms with Gasteiger partial charge in [-0.25, -0.2) is 9.78 Å². The van der Waals surface area contributed by atoms with Gasteiger partial charge in [-0.3, -0.25) is 19.8 Å². The van der Waals surface area contributed by atoms with E-state index in [9.17, 15) is 14.4 Å². The van der Waals surface area contributed by atoms with Gasteiger partial charge < -0.3 is 10.6 Å². The predicted molar refractivity (Wildman–Crippen MR) is 117 cm³/mol. The summed E-state index contributed by atoms with van der Waals surface area (Å²) in [7, 11) is 1.46. The lowest BCUT2D eigenvalue weighted by molar-refractivity contribution is -0.127. The summed E-state index contributed by atoms with van der Waals surface area (Å²) in [6, 6.07) is 11.8. The summed E-state index contributed by atoms with van der Waals surface area (Å²) in [5, 5.41) is 7.63. The third-order valence-electron chi connectivity index (χ3n) is 5.07. The van der Waals surface area contributed by atoms with E-state index in [-0.39, 0.29) is 17.7 Å². The standard InChI is InChI=1S/C21H24BrN5O3/c1-23-21(30)26-20(29)18(14-5-3-2-4-6-14)27-11-9-15(10-12-27)19(28)25-17-8-7-16(22)13-24-17/h2-8,13,15,18H,9-12H2,1H3,(H,24,25,28)(H2,23,26,29,30). The van der Waals surface area contributed by atoms with Gasteiger partial charge in [-0.05, 0) is 59.6 Å². The molecule has 1 aliphatic rings. The molecule has 0 aliphatic carbocycles. The van der Waals surface area contributed by atoms with Gasteiger partial charge in [0.25, 0.3) is 0 Å². The second-order valence-corrected chi connectivity index (χ2v) is 7.96. The van der Waals surface area contributed by atoms with Crippen molar-refractivity contribution in [3.05, 3.63) is 58.7 Å². The topological polar surface area (TPSA) is 103 Å². The van der Waals surface area contributed by atoms with Crippen LogP contribution < -0.4 is 16.0 Å². The summed E-state index contributed by atoms with van der Waals surface area (Å²) < 4.78 is 0.843. The predicted octanol–water partition coefficient (Wildman–Crippen LogP) is 2.69. The number of likely N-dealkylation sites (tertiary alicyclic amines) is 1. The van der Waals surface area contributed by atoms with Crippen molar-refractivity contribution in [2.45, 2.75) is 18.9 Å². The van der Waals surface area contributed by atoms with E-state index in [2.05, 4.69) is 36.9 Å². The van der Waals surface area contributed by atoms with Crippen LogP contribution in [0.15, 0.2) is 53.1 Å². The number of nitrogens with zero attached hydrogens (tertiary/aromatic N) is 2. The maximum Gasteiger partial charge on any atom is 0.321 e. The van der Waals surface area contributed by atoms with E-state index in [4.69, 9.17) is 0 Å². The summed E-state index contributed by atoms with van der Waals surface area (Å²) in [5.74, 6) is -0.110. The van der Waals surface area contributed by atoms with E-state index >= 15 is 0 Å². The number of urea groups is 1. The smallest absolute Gasteiger partial charge is 0.321 e. The van der Waals surface area contributed by atoms with Gasteiger partial charge in [-0.15, -0.1) is 0 Å². The molecule has 8 nitrogen and oxygen atoms in total. The Labute approximate surface area is 183 Å². The van der Waals surface area contributed by atoms with Gasteiger partial charge in [0.15, 0.2) is 0 Å². The Balaban J connectivity index is 1.65. The minimum atomic E-state index is -0.597. The number of benzene rings is 1. The Bertz CT molecular complexity index is 883. The molecule has 9 heteroatoms. The Morgan fingerprint density at radius 3 is 2.40 bits per heavy atom. The van der Waals surface area contributed by atoms with Gasteiger partial charge in [-0.1, -0.05) is 30.3 Å². The molecule has 1 aromatic heterocycles. The third-order valence-corrected chi connectivity index (χ3v) is 5.54. The van der Waals surface area contributed by atoms with Crippen molar-refractivity contribution in [1.29, 1.82) is 0 Å². The summed E-state index contributed by atoms with van der Waals surface area (Å²) in [4.78, 5) is 43.2. The van der Waals surface area contributed by atoms with Crippen LogP contribution in [0.4, 0.5) is 10.6 Å². The fraction of sp³-hybridized carbons (Fsp3) is 0.333. The molecule has 30 heavy (non-hydrogen) atoms. The highest BCUT2D eigenvalue weighted by Gasteiger charge is 2.33. The highest BCUT2D eigenvalue weighted by Crippen LogP contribution is 2.28. The normalized spacial score (nSPS) is 15.8. The number of carbonyl (C=O) groups excluding carboxylic acids is 3. The first-order chi connectivity index (χ1) is 14.5. The zero-order valence-corrected chi connectivity index (χ0v) is 18.2. The summed E-state index contributed by atoms with van der Waals surface area (Å²) in [6.07, 6.45) is 2.85. The maximum atomic E-state index is 12.8. The number of hydrogen-bond donors (Lipinski definition) is 3. The monoisotopic (exact) mass is 473 g/mol. The number of aromatic nitrogens is 1. The zero-order valence-electron chi connectivity index (χ0n) is 16.6. The fourth-order valence-corrected chi connectivity index (χ4v) is 3.74. The summed E-state index contributed by atoms with van der Waals surface area (Å²) in [6.45, 7) is 1.12. The van der Waals surface area contributed by atoms with E-state index in [1.807, 2.05) is 41.3 Å². The summed E-state index contributed by atoms with van der Waals surface area (Å²) in [5.41, 5.74) is 0.806. The van der Waals surface area contributed by atoms with Crippen LogP contribution in [0.5, 0.6) is 0 Å². The number of rotatable bonds is 5. The van der Waals surface area contributed by atoms with Crippen molar-refractivity contribution in [3.8, 4) is 0 Å². The zero-order chi connectivity index (χ0) is 21.5. The highest BCUT2D eigenvalue weighted by atomic mass is 79.9. The van der Waals surface area contributed by atoms with Gasteiger partial charge in [0.05, 0.1) is 0 Å². The van der Waals surface area contributed by atoms with Crippen LogP contribution >= 0.6 is 15.9 Å². The largest absolute Gasteiger partial charge is 0.341 e. The number of halogens is 1. The Kier molecular flexibility index (Phi) is 7.53. The van der Waals surface area contributed by atoms with Crippen molar-refractivity contribution < 1.29 is 14.4 Å². The number of anilines is 1. The molecule has 2 heterocycles. The molecule has 3 rings (SSSR count). The Morgan fingerprint density at radius 2 is 1.80 bits per heavy atom. The third kappa shape index (κ3) is 5.64. The van der Waals surface area contributed by atoms with E-state index in [0.717, 1.165) is 10.0 Å². The van der Waals surface area contributed by atoms with Crippen molar-refractivity contribution in [2.24, 2.45) is 5.92 Å². The molecule has 1 aliphatic heterocycles. The second kappa shape index (κ2) is 10.3. The van der Waals surface area contributed by atoms with Gasteiger partial charge >= 0.3 is 6.03 Å². The lowest BCUT2D eigenvalue weighted by Crippen LogP contribution is -2.48. The lowest BCUT2D eigenvalue weighted by Gasteiger charge is -2.36. The number of piperidine rings is 1.